The van der Waals surface area contributed by atoms with Crippen LogP contribution in [-0.4, -0.2) is 28.6 Å². The Hall–Kier alpha value is -1.16. The molecule has 1 N–H and O–H groups in total. The van der Waals surface area contributed by atoms with Gasteiger partial charge in [0.15, 0.2) is 0 Å². The minimum absolute atomic E-state index is 0.761. The lowest BCUT2D eigenvalue weighted by atomic mass is 10.2. The predicted molar refractivity (Wildman–Crippen MR) is 52.2 cm³/mol. The minimum atomic E-state index is 0.761. The maximum Gasteiger partial charge on any atom is 0.131 e. The van der Waals surface area contributed by atoms with Gasteiger partial charge in [0.2, 0.25) is 0 Å². The van der Waals surface area contributed by atoms with Crippen LogP contribution in [0.4, 0.5) is 5.69 Å². The number of thiocarbonyl (C=S) groups is 1. The normalized spacial score (nSPS) is 15.4. The fourth-order valence-corrected chi connectivity index (χ4v) is 1.40. The van der Waals surface area contributed by atoms with E-state index in [1.807, 2.05) is 24.1 Å². The zero-order valence-electron chi connectivity index (χ0n) is 6.74. The van der Waals surface area contributed by atoms with E-state index < -0.39 is 0 Å². The van der Waals surface area contributed by atoms with Gasteiger partial charge in [-0.05, 0) is 12.1 Å². The standard InChI is InChI=1S/C8H9N3S/c1-11-5-10-6-3-2-4-9-7(6)8(11)12/h2-4,10H,5H2,1H3. The molecule has 12 heavy (non-hydrogen) atoms. The number of nitrogens with zero attached hydrogens (tertiary/aromatic N) is 2. The van der Waals surface area contributed by atoms with Gasteiger partial charge in [0.05, 0.1) is 12.4 Å². The van der Waals surface area contributed by atoms with Crippen LogP contribution in [0.3, 0.4) is 0 Å². The summed E-state index contributed by atoms with van der Waals surface area (Å²) >= 11 is 5.21. The summed E-state index contributed by atoms with van der Waals surface area (Å²) in [7, 11) is 1.95. The second-order valence-corrected chi connectivity index (χ2v) is 3.12. The van der Waals surface area contributed by atoms with E-state index in [0.29, 0.717) is 0 Å². The van der Waals surface area contributed by atoms with Gasteiger partial charge >= 0.3 is 0 Å². The molecule has 0 saturated carbocycles. The Morgan fingerprint density at radius 2 is 2.50 bits per heavy atom. The Labute approximate surface area is 76.4 Å². The Morgan fingerprint density at radius 1 is 1.67 bits per heavy atom. The van der Waals surface area contributed by atoms with E-state index in [1.165, 1.54) is 0 Å². The molecule has 1 aromatic heterocycles. The van der Waals surface area contributed by atoms with Gasteiger partial charge in [-0.25, -0.2) is 0 Å². The van der Waals surface area contributed by atoms with Gasteiger partial charge < -0.3 is 10.2 Å². The van der Waals surface area contributed by atoms with Crippen molar-refractivity contribution < 1.29 is 0 Å². The van der Waals surface area contributed by atoms with Crippen molar-refractivity contribution in [1.82, 2.24) is 9.88 Å². The van der Waals surface area contributed by atoms with Gasteiger partial charge in [0, 0.05) is 13.2 Å². The first-order valence-corrected chi connectivity index (χ1v) is 4.14. The first-order chi connectivity index (χ1) is 5.79. The van der Waals surface area contributed by atoms with Crippen molar-refractivity contribution in [2.45, 2.75) is 0 Å². The van der Waals surface area contributed by atoms with E-state index in [4.69, 9.17) is 12.2 Å². The molecule has 1 aromatic rings. The third-order valence-corrected chi connectivity index (χ3v) is 2.37. The number of pyridine rings is 1. The van der Waals surface area contributed by atoms with E-state index in [9.17, 15) is 0 Å². The molecule has 0 radical (unpaired) electrons. The van der Waals surface area contributed by atoms with Crippen LogP contribution in [0.2, 0.25) is 0 Å². The van der Waals surface area contributed by atoms with Crippen molar-refractivity contribution in [3.05, 3.63) is 24.0 Å². The van der Waals surface area contributed by atoms with Crippen LogP contribution in [0.5, 0.6) is 0 Å². The first kappa shape index (κ1) is 7.49. The molecule has 0 aromatic carbocycles. The van der Waals surface area contributed by atoms with Crippen LogP contribution < -0.4 is 5.32 Å². The lowest BCUT2D eigenvalue weighted by Crippen LogP contribution is -2.36. The Kier molecular flexibility index (Phi) is 1.69. The number of fused-ring (bicyclic) bond motifs is 1. The maximum absolute atomic E-state index is 5.21. The summed E-state index contributed by atoms with van der Waals surface area (Å²) < 4.78 is 0. The summed E-state index contributed by atoms with van der Waals surface area (Å²) in [5.74, 6) is 0. The van der Waals surface area contributed by atoms with Crippen LogP contribution in [0.15, 0.2) is 18.3 Å². The highest BCUT2D eigenvalue weighted by Crippen LogP contribution is 2.18. The largest absolute Gasteiger partial charge is 0.366 e. The molecule has 2 rings (SSSR count). The summed E-state index contributed by atoms with van der Waals surface area (Å²) in [6, 6.07) is 3.89. The third kappa shape index (κ3) is 1.04. The highest BCUT2D eigenvalue weighted by molar-refractivity contribution is 7.80. The molecule has 0 saturated heterocycles. The van der Waals surface area contributed by atoms with E-state index >= 15 is 0 Å². The average molecular weight is 179 g/mol. The van der Waals surface area contributed by atoms with Crippen molar-refractivity contribution in [3.63, 3.8) is 0 Å². The average Bonchev–Trinajstić information content (AvgIpc) is 2.12. The number of hydrogen-bond donors (Lipinski definition) is 1. The Bertz CT molecular complexity index is 324. The molecule has 0 bridgehead atoms. The van der Waals surface area contributed by atoms with E-state index in [1.54, 1.807) is 6.20 Å². The van der Waals surface area contributed by atoms with Gasteiger partial charge in [-0.15, -0.1) is 0 Å². The Morgan fingerprint density at radius 3 is 3.33 bits per heavy atom. The molecule has 1 aliphatic rings. The number of aromatic nitrogens is 1. The summed E-state index contributed by atoms with van der Waals surface area (Å²) in [6.45, 7) is 0.761. The summed E-state index contributed by atoms with van der Waals surface area (Å²) in [5, 5.41) is 3.22. The zero-order valence-corrected chi connectivity index (χ0v) is 7.56. The molecule has 0 spiro atoms. The maximum atomic E-state index is 5.21. The minimum Gasteiger partial charge on any atom is -0.366 e. The molecule has 0 amide bonds. The second kappa shape index (κ2) is 2.71. The molecular weight excluding hydrogens is 170 g/mol. The van der Waals surface area contributed by atoms with Crippen LogP contribution in [0.25, 0.3) is 0 Å². The first-order valence-electron chi connectivity index (χ1n) is 3.73. The topological polar surface area (TPSA) is 28.2 Å². The predicted octanol–water partition coefficient (Wildman–Crippen LogP) is 1.07. The van der Waals surface area contributed by atoms with Gasteiger partial charge in [-0.1, -0.05) is 12.2 Å². The molecule has 2 heterocycles. The Balaban J connectivity index is 2.49. The summed E-state index contributed by atoms with van der Waals surface area (Å²) in [4.78, 5) is 6.98. The zero-order chi connectivity index (χ0) is 8.55. The van der Waals surface area contributed by atoms with E-state index in [2.05, 4.69) is 10.3 Å². The van der Waals surface area contributed by atoms with Gasteiger partial charge in [-0.3, -0.25) is 4.98 Å². The molecule has 0 unspecified atom stereocenters. The molecule has 1 aliphatic heterocycles. The van der Waals surface area contributed by atoms with Crippen LogP contribution in [0, 0.1) is 0 Å². The SMILES string of the molecule is CN1CNc2cccnc2C1=S. The van der Waals surface area contributed by atoms with Crippen LogP contribution >= 0.6 is 12.2 Å². The molecule has 0 atom stereocenters. The molecule has 4 heteroatoms. The number of hydrogen-bond acceptors (Lipinski definition) is 3. The number of anilines is 1. The molecule has 0 aliphatic carbocycles. The lowest BCUT2D eigenvalue weighted by Gasteiger charge is -2.27. The van der Waals surface area contributed by atoms with Crippen molar-refractivity contribution in [2.75, 3.05) is 19.0 Å². The molecule has 3 nitrogen and oxygen atoms in total. The molecule has 62 valence electrons. The summed E-state index contributed by atoms with van der Waals surface area (Å²) in [6.07, 6.45) is 1.76. The van der Waals surface area contributed by atoms with Crippen molar-refractivity contribution >= 4 is 22.9 Å². The third-order valence-electron chi connectivity index (χ3n) is 1.86. The van der Waals surface area contributed by atoms with Crippen LogP contribution in [-0.2, 0) is 0 Å². The van der Waals surface area contributed by atoms with E-state index in [0.717, 1.165) is 23.0 Å². The quantitative estimate of drug-likeness (QED) is 0.603. The number of rotatable bonds is 0. The van der Waals surface area contributed by atoms with Gasteiger partial charge in [-0.2, -0.15) is 0 Å². The van der Waals surface area contributed by atoms with Gasteiger partial charge in [0.1, 0.15) is 10.7 Å². The van der Waals surface area contributed by atoms with Crippen molar-refractivity contribution in [1.29, 1.82) is 0 Å². The van der Waals surface area contributed by atoms with Gasteiger partial charge in [0.25, 0.3) is 0 Å². The van der Waals surface area contributed by atoms with Crippen molar-refractivity contribution in [3.8, 4) is 0 Å². The highest BCUT2D eigenvalue weighted by Gasteiger charge is 2.17. The highest BCUT2D eigenvalue weighted by atomic mass is 32.1. The second-order valence-electron chi connectivity index (χ2n) is 2.74. The smallest absolute Gasteiger partial charge is 0.131 e. The molecular formula is C8H9N3S. The monoisotopic (exact) mass is 179 g/mol. The number of nitrogens with one attached hydrogen (secondary N) is 1. The lowest BCUT2D eigenvalue weighted by molar-refractivity contribution is 0.543. The fraction of sp³-hybridized carbons (Fsp3) is 0.250. The van der Waals surface area contributed by atoms with Crippen molar-refractivity contribution in [2.24, 2.45) is 0 Å². The summed E-state index contributed by atoms with van der Waals surface area (Å²) in [5.41, 5.74) is 1.90. The van der Waals surface area contributed by atoms with Crippen LogP contribution in [0.1, 0.15) is 5.69 Å². The fourth-order valence-electron chi connectivity index (χ4n) is 1.17. The molecule has 0 fully saturated rings. The van der Waals surface area contributed by atoms with E-state index in [-0.39, 0.29) is 0 Å².